The average Bonchev–Trinajstić information content (AvgIpc) is 0.953. The van der Waals surface area contributed by atoms with Crippen LogP contribution < -0.4 is 0 Å². The van der Waals surface area contributed by atoms with E-state index in [4.69, 9.17) is 37.0 Å². The van der Waals surface area contributed by atoms with Gasteiger partial charge in [-0.1, -0.05) is 284 Å². The third kappa shape index (κ3) is 71.8. The van der Waals surface area contributed by atoms with E-state index in [0.717, 1.165) is 154 Å². The third-order valence-electron chi connectivity index (χ3n) is 15.9. The number of aliphatic hydroxyl groups excluding tert-OH is 1. The van der Waals surface area contributed by atoms with Crippen LogP contribution in [0.25, 0.3) is 0 Å². The molecule has 574 valence electrons. The molecule has 0 saturated carbocycles. The maximum Gasteiger partial charge on any atom is 0.472 e. The number of carbonyl (C=O) groups is 4. The van der Waals surface area contributed by atoms with Gasteiger partial charge in [0.2, 0.25) is 0 Å². The number of rotatable bonds is 72. The lowest BCUT2D eigenvalue weighted by Crippen LogP contribution is -2.30. The third-order valence-corrected chi connectivity index (χ3v) is 17.8. The summed E-state index contributed by atoms with van der Waals surface area (Å²) in [7, 11) is -9.97. The number of esters is 4. The predicted octanol–water partition coefficient (Wildman–Crippen LogP) is 22.3. The molecule has 0 rings (SSSR count). The molecule has 19 heteroatoms. The molecule has 5 atom stereocenters. The fraction of sp³-hybridized carbons (Fsp3) is 0.704. The maximum absolute atomic E-state index is 13.1. The van der Waals surface area contributed by atoms with E-state index in [1.165, 1.54) is 70.6 Å². The standard InChI is InChI=1S/C81H138O17P2/c1-5-9-13-17-21-25-29-31-33-35-37-39-41-43-47-49-53-57-61-65-78(83)91-71-76(97-80(85)67-63-59-55-51-45-27-23-19-15-11-7-3)73-95-99(87,88)93-69-75(82)70-94-100(89,90)96-74-77(98-81(86)68-64-60-56-52-46-28-24-20-16-12-8-4)72-92-79(84)66-62-58-54-50-48-44-42-40-38-36-34-32-30-26-22-18-14-10-6-2/h9,13,20-22,24-26,31-34,37-40,43,47,53,57,75-77,82H,5-8,10-12,14-19,23,27-30,35-36,41-42,44-46,48-52,54-56,58-74H2,1-4H3,(H,87,88)(H,89,90)/b13-9-,24-20-,25-21-,26-22-,33-31-,34-32-,39-37-,40-38-,47-43-,57-53-. The number of hydrogen-bond donors (Lipinski definition) is 3. The number of ether oxygens (including phenoxy) is 4. The molecule has 0 radical (unpaired) electrons. The summed E-state index contributed by atoms with van der Waals surface area (Å²) in [5, 5.41) is 10.6. The van der Waals surface area contributed by atoms with Crippen LogP contribution in [0, 0.1) is 0 Å². The summed E-state index contributed by atoms with van der Waals surface area (Å²) < 4.78 is 68.3. The minimum absolute atomic E-state index is 0.0359. The van der Waals surface area contributed by atoms with Gasteiger partial charge in [0, 0.05) is 25.7 Å². The second-order valence-electron chi connectivity index (χ2n) is 25.6. The molecule has 3 N–H and O–H groups in total. The van der Waals surface area contributed by atoms with Gasteiger partial charge in [0.05, 0.1) is 26.4 Å². The summed E-state index contributed by atoms with van der Waals surface area (Å²) in [6.07, 6.45) is 79.3. The van der Waals surface area contributed by atoms with Crippen molar-refractivity contribution in [3.05, 3.63) is 122 Å². The number of allylic oxidation sites excluding steroid dienone is 20. The summed E-state index contributed by atoms with van der Waals surface area (Å²) in [4.78, 5) is 72.8. The van der Waals surface area contributed by atoms with E-state index in [9.17, 15) is 43.2 Å². The van der Waals surface area contributed by atoms with E-state index >= 15 is 0 Å². The Morgan fingerprint density at radius 2 is 0.550 bits per heavy atom. The Morgan fingerprint density at radius 3 is 0.920 bits per heavy atom. The van der Waals surface area contributed by atoms with Crippen LogP contribution in [0.1, 0.15) is 310 Å². The Hall–Kier alpha value is -4.54. The molecule has 0 aliphatic carbocycles. The molecule has 0 aromatic rings. The molecule has 0 spiro atoms. The van der Waals surface area contributed by atoms with Gasteiger partial charge >= 0.3 is 39.5 Å². The molecule has 17 nitrogen and oxygen atoms in total. The molecule has 0 aromatic carbocycles. The zero-order valence-electron chi connectivity index (χ0n) is 62.6. The largest absolute Gasteiger partial charge is 0.472 e. The van der Waals surface area contributed by atoms with Gasteiger partial charge in [-0.05, 0) is 122 Å². The van der Waals surface area contributed by atoms with Crippen molar-refractivity contribution >= 4 is 39.5 Å². The van der Waals surface area contributed by atoms with Gasteiger partial charge in [-0.15, -0.1) is 0 Å². The van der Waals surface area contributed by atoms with Crippen LogP contribution in [0.5, 0.6) is 0 Å². The molecule has 0 amide bonds. The van der Waals surface area contributed by atoms with Crippen molar-refractivity contribution in [3.8, 4) is 0 Å². The molecule has 0 fully saturated rings. The lowest BCUT2D eigenvalue weighted by molar-refractivity contribution is -0.161. The molecular formula is C81H138O17P2. The fourth-order valence-corrected chi connectivity index (χ4v) is 11.6. The molecule has 0 saturated heterocycles. The van der Waals surface area contributed by atoms with E-state index in [2.05, 4.69) is 131 Å². The van der Waals surface area contributed by atoms with Gasteiger partial charge < -0.3 is 33.8 Å². The lowest BCUT2D eigenvalue weighted by atomic mass is 10.1. The fourth-order valence-electron chi connectivity index (χ4n) is 10.00. The molecule has 0 heterocycles. The number of carbonyl (C=O) groups excluding carboxylic acids is 4. The van der Waals surface area contributed by atoms with Crippen LogP contribution >= 0.6 is 15.6 Å². The summed E-state index contributed by atoms with van der Waals surface area (Å²) in [6, 6.07) is 0. The van der Waals surface area contributed by atoms with Crippen LogP contribution in [0.3, 0.4) is 0 Å². The Morgan fingerprint density at radius 1 is 0.290 bits per heavy atom. The molecule has 100 heavy (non-hydrogen) atoms. The minimum Gasteiger partial charge on any atom is -0.462 e. The highest BCUT2D eigenvalue weighted by molar-refractivity contribution is 7.47. The smallest absolute Gasteiger partial charge is 0.462 e. The first kappa shape index (κ1) is 95.5. The minimum atomic E-state index is -4.99. The molecule has 0 bridgehead atoms. The first-order chi connectivity index (χ1) is 48.7. The Bertz CT molecular complexity index is 2370. The Balaban J connectivity index is 5.34. The van der Waals surface area contributed by atoms with Crippen molar-refractivity contribution in [2.75, 3.05) is 39.6 Å². The Labute approximate surface area is 606 Å². The van der Waals surface area contributed by atoms with Gasteiger partial charge in [-0.3, -0.25) is 37.3 Å². The van der Waals surface area contributed by atoms with Crippen LogP contribution in [0.2, 0.25) is 0 Å². The first-order valence-corrected chi connectivity index (χ1v) is 41.8. The number of phosphoric ester groups is 2. The summed E-state index contributed by atoms with van der Waals surface area (Å²) in [5.74, 6) is -2.29. The van der Waals surface area contributed by atoms with Gasteiger partial charge in [-0.25, -0.2) is 9.13 Å². The molecule has 5 unspecified atom stereocenters. The van der Waals surface area contributed by atoms with Crippen molar-refractivity contribution in [2.24, 2.45) is 0 Å². The van der Waals surface area contributed by atoms with E-state index in [0.29, 0.717) is 32.1 Å². The van der Waals surface area contributed by atoms with Gasteiger partial charge in [0.25, 0.3) is 0 Å². The molecule has 0 aliphatic rings. The van der Waals surface area contributed by atoms with Crippen molar-refractivity contribution in [1.29, 1.82) is 0 Å². The molecule has 0 aromatic heterocycles. The topological polar surface area (TPSA) is 237 Å². The number of aliphatic hydroxyl groups is 1. The van der Waals surface area contributed by atoms with Crippen LogP contribution in [0.15, 0.2) is 122 Å². The van der Waals surface area contributed by atoms with E-state index in [-0.39, 0.29) is 25.7 Å². The second kappa shape index (κ2) is 72.8. The van der Waals surface area contributed by atoms with Gasteiger partial charge in [-0.2, -0.15) is 0 Å². The second-order valence-corrected chi connectivity index (χ2v) is 28.5. The highest BCUT2D eigenvalue weighted by Crippen LogP contribution is 2.45. The summed E-state index contributed by atoms with van der Waals surface area (Å²) in [5.41, 5.74) is 0. The first-order valence-electron chi connectivity index (χ1n) is 38.8. The van der Waals surface area contributed by atoms with Crippen molar-refractivity contribution in [3.63, 3.8) is 0 Å². The molecule has 0 aliphatic heterocycles. The Kier molecular flexibility index (Phi) is 69.5. The number of phosphoric acid groups is 2. The summed E-state index contributed by atoms with van der Waals surface area (Å²) in [6.45, 7) is 4.58. The maximum atomic E-state index is 13.1. The number of unbranched alkanes of at least 4 members (excludes halogenated alkanes) is 26. The zero-order valence-corrected chi connectivity index (χ0v) is 64.4. The number of hydrogen-bond acceptors (Lipinski definition) is 15. The van der Waals surface area contributed by atoms with Crippen LogP contribution in [0.4, 0.5) is 0 Å². The van der Waals surface area contributed by atoms with Gasteiger partial charge in [0.15, 0.2) is 12.2 Å². The van der Waals surface area contributed by atoms with E-state index in [1.54, 1.807) is 0 Å². The van der Waals surface area contributed by atoms with Crippen LogP contribution in [-0.2, 0) is 65.4 Å². The normalized spacial score (nSPS) is 14.6. The van der Waals surface area contributed by atoms with Gasteiger partial charge in [0.1, 0.15) is 19.3 Å². The highest BCUT2D eigenvalue weighted by Gasteiger charge is 2.30. The van der Waals surface area contributed by atoms with Crippen molar-refractivity contribution in [1.82, 2.24) is 0 Å². The van der Waals surface area contributed by atoms with Crippen molar-refractivity contribution < 1.29 is 80.2 Å². The lowest BCUT2D eigenvalue weighted by Gasteiger charge is -2.21. The zero-order chi connectivity index (χ0) is 73.2. The van der Waals surface area contributed by atoms with E-state index < -0.39 is 97.5 Å². The molecular weight excluding hydrogens is 1310 g/mol. The SMILES string of the molecule is CC/C=C\C/C=C\C/C=C\C/C=C\C/C=C\C/C=C\CCC(=O)OCC(COP(=O)(O)OCC(O)COP(=O)(O)OCC(COC(=O)CCCCCCCC/C=C\C/C=C\C/C=C\CCCCC)OC(=O)CCCCCCC/C=C\CCCC)OC(=O)CCCCCCCCCCCCC. The predicted molar refractivity (Wildman–Crippen MR) is 408 cm³/mol. The monoisotopic (exact) mass is 1440 g/mol. The van der Waals surface area contributed by atoms with E-state index in [1.807, 2.05) is 18.2 Å². The summed E-state index contributed by atoms with van der Waals surface area (Å²) >= 11 is 0. The average molecular weight is 1450 g/mol. The quantitative estimate of drug-likeness (QED) is 0.0169. The highest BCUT2D eigenvalue weighted by atomic mass is 31.2. The van der Waals surface area contributed by atoms with Crippen LogP contribution in [-0.4, -0.2) is 96.7 Å². The van der Waals surface area contributed by atoms with Crippen molar-refractivity contribution in [2.45, 2.75) is 329 Å².